The Kier molecular flexibility index (Phi) is 4.66. The van der Waals surface area contributed by atoms with Gasteiger partial charge in [-0.25, -0.2) is 0 Å². The number of aromatic nitrogens is 2. The summed E-state index contributed by atoms with van der Waals surface area (Å²) < 4.78 is 0. The zero-order valence-electron chi connectivity index (χ0n) is 11.8. The molecule has 1 aliphatic rings. The highest BCUT2D eigenvalue weighted by Gasteiger charge is 2.22. The van der Waals surface area contributed by atoms with Crippen LogP contribution in [0.3, 0.4) is 0 Å². The van der Waals surface area contributed by atoms with Gasteiger partial charge in [0.2, 0.25) is 5.91 Å². The van der Waals surface area contributed by atoms with E-state index in [1.807, 2.05) is 0 Å². The van der Waals surface area contributed by atoms with Crippen molar-refractivity contribution in [2.75, 3.05) is 18.4 Å². The molecule has 3 rings (SSSR count). The number of amides is 1. The Labute approximate surface area is 138 Å². The van der Waals surface area contributed by atoms with Crippen molar-refractivity contribution in [1.29, 1.82) is 0 Å². The van der Waals surface area contributed by atoms with Crippen LogP contribution in [0.2, 0.25) is 10.0 Å². The van der Waals surface area contributed by atoms with Gasteiger partial charge in [-0.3, -0.25) is 9.89 Å². The lowest BCUT2D eigenvalue weighted by Crippen LogP contribution is -2.16. The van der Waals surface area contributed by atoms with Crippen molar-refractivity contribution in [2.24, 2.45) is 0 Å². The number of carbonyl (C=O) groups is 1. The van der Waals surface area contributed by atoms with Crippen molar-refractivity contribution in [3.8, 4) is 0 Å². The van der Waals surface area contributed by atoms with Crippen LogP contribution in [0.25, 0.3) is 0 Å². The van der Waals surface area contributed by atoms with Gasteiger partial charge in [0, 0.05) is 22.5 Å². The monoisotopic (exact) mass is 338 g/mol. The maximum atomic E-state index is 12.2. The Morgan fingerprint density at radius 2 is 2.27 bits per heavy atom. The second-order valence-corrected chi connectivity index (χ2v) is 6.19. The molecule has 22 heavy (non-hydrogen) atoms. The SMILES string of the molecule is O=C(Cc1cc(Cl)ccc1Cl)Nc1cn[nH]c1C1CCNC1. The molecule has 5 nitrogen and oxygen atoms in total. The van der Waals surface area contributed by atoms with Crippen LogP contribution in [0, 0.1) is 0 Å². The molecule has 1 aromatic carbocycles. The number of H-pyrrole nitrogens is 1. The van der Waals surface area contributed by atoms with E-state index >= 15 is 0 Å². The van der Waals surface area contributed by atoms with Gasteiger partial charge in [-0.2, -0.15) is 5.10 Å². The molecule has 2 aromatic rings. The van der Waals surface area contributed by atoms with Crippen LogP contribution in [-0.4, -0.2) is 29.2 Å². The van der Waals surface area contributed by atoms with E-state index in [0.29, 0.717) is 21.5 Å². The molecule has 1 fully saturated rings. The van der Waals surface area contributed by atoms with E-state index in [9.17, 15) is 4.79 Å². The number of nitrogens with one attached hydrogen (secondary N) is 3. The number of nitrogens with zero attached hydrogens (tertiary/aromatic N) is 1. The molecule has 0 aliphatic carbocycles. The lowest BCUT2D eigenvalue weighted by atomic mass is 10.0. The average Bonchev–Trinajstić information content (AvgIpc) is 3.13. The first kappa shape index (κ1) is 15.3. The topological polar surface area (TPSA) is 69.8 Å². The van der Waals surface area contributed by atoms with E-state index in [2.05, 4.69) is 20.8 Å². The minimum atomic E-state index is -0.141. The number of carbonyl (C=O) groups excluding carboxylic acids is 1. The van der Waals surface area contributed by atoms with Crippen LogP contribution in [0.5, 0.6) is 0 Å². The normalized spacial score (nSPS) is 17.6. The summed E-state index contributed by atoms with van der Waals surface area (Å²) in [5.74, 6) is 0.213. The Morgan fingerprint density at radius 3 is 3.05 bits per heavy atom. The Morgan fingerprint density at radius 1 is 1.41 bits per heavy atom. The summed E-state index contributed by atoms with van der Waals surface area (Å²) in [6, 6.07) is 5.10. The maximum absolute atomic E-state index is 12.2. The summed E-state index contributed by atoms with van der Waals surface area (Å²) in [4.78, 5) is 12.2. The molecule has 0 saturated carbocycles. The molecule has 0 bridgehead atoms. The van der Waals surface area contributed by atoms with E-state index in [-0.39, 0.29) is 12.3 Å². The number of anilines is 1. The number of rotatable bonds is 4. The van der Waals surface area contributed by atoms with Crippen LogP contribution >= 0.6 is 23.2 Å². The summed E-state index contributed by atoms with van der Waals surface area (Å²) >= 11 is 12.0. The highest BCUT2D eigenvalue weighted by molar-refractivity contribution is 6.33. The van der Waals surface area contributed by atoms with Crippen molar-refractivity contribution < 1.29 is 4.79 Å². The van der Waals surface area contributed by atoms with Gasteiger partial charge in [0.05, 0.1) is 24.0 Å². The van der Waals surface area contributed by atoms with Gasteiger partial charge in [-0.15, -0.1) is 0 Å². The smallest absolute Gasteiger partial charge is 0.228 e. The van der Waals surface area contributed by atoms with Gasteiger partial charge in [-0.1, -0.05) is 23.2 Å². The first-order valence-electron chi connectivity index (χ1n) is 7.11. The molecule has 7 heteroatoms. The standard InChI is InChI=1S/C15H16Cl2N4O/c16-11-1-2-12(17)10(5-11)6-14(22)20-13-8-19-21-15(13)9-3-4-18-7-9/h1-2,5,8-9,18H,3-4,6-7H2,(H,19,21)(H,20,22). The predicted octanol–water partition coefficient (Wildman–Crippen LogP) is 2.97. The summed E-state index contributed by atoms with van der Waals surface area (Å²) in [5, 5.41) is 14.3. The highest BCUT2D eigenvalue weighted by Crippen LogP contribution is 2.27. The Bertz CT molecular complexity index is 680. The first-order chi connectivity index (χ1) is 10.6. The summed E-state index contributed by atoms with van der Waals surface area (Å²) in [6.07, 6.45) is 2.85. The maximum Gasteiger partial charge on any atom is 0.228 e. The molecule has 1 aromatic heterocycles. The molecular weight excluding hydrogens is 323 g/mol. The number of aromatic amines is 1. The predicted molar refractivity (Wildman–Crippen MR) is 87.6 cm³/mol. The molecule has 1 aliphatic heterocycles. The van der Waals surface area contributed by atoms with Gasteiger partial charge < -0.3 is 10.6 Å². The van der Waals surface area contributed by atoms with Crippen molar-refractivity contribution in [2.45, 2.75) is 18.8 Å². The third-order valence-electron chi connectivity index (χ3n) is 3.77. The largest absolute Gasteiger partial charge is 0.323 e. The number of halogens is 2. The zero-order chi connectivity index (χ0) is 15.5. The molecule has 3 N–H and O–H groups in total. The van der Waals surface area contributed by atoms with Crippen molar-refractivity contribution in [3.05, 3.63) is 45.7 Å². The fraction of sp³-hybridized carbons (Fsp3) is 0.333. The molecule has 1 unspecified atom stereocenters. The fourth-order valence-corrected chi connectivity index (χ4v) is 3.03. The number of hydrogen-bond acceptors (Lipinski definition) is 3. The minimum absolute atomic E-state index is 0.141. The minimum Gasteiger partial charge on any atom is -0.323 e. The molecule has 2 heterocycles. The van der Waals surface area contributed by atoms with Gasteiger partial charge in [0.1, 0.15) is 0 Å². The van der Waals surface area contributed by atoms with Crippen LogP contribution in [0.1, 0.15) is 23.6 Å². The molecule has 0 radical (unpaired) electrons. The lowest BCUT2D eigenvalue weighted by Gasteiger charge is -2.11. The third-order valence-corrected chi connectivity index (χ3v) is 4.37. The summed E-state index contributed by atoms with van der Waals surface area (Å²) in [6.45, 7) is 1.88. The van der Waals surface area contributed by atoms with Crippen LogP contribution in [0.4, 0.5) is 5.69 Å². The van der Waals surface area contributed by atoms with Gasteiger partial charge >= 0.3 is 0 Å². The fourth-order valence-electron chi connectivity index (χ4n) is 2.65. The lowest BCUT2D eigenvalue weighted by molar-refractivity contribution is -0.115. The van der Waals surface area contributed by atoms with E-state index in [1.165, 1.54) is 0 Å². The quantitative estimate of drug-likeness (QED) is 0.802. The van der Waals surface area contributed by atoms with E-state index in [1.54, 1.807) is 24.4 Å². The molecule has 1 saturated heterocycles. The zero-order valence-corrected chi connectivity index (χ0v) is 13.3. The van der Waals surface area contributed by atoms with Crippen molar-refractivity contribution in [1.82, 2.24) is 15.5 Å². The number of hydrogen-bond donors (Lipinski definition) is 3. The van der Waals surface area contributed by atoms with Crippen LogP contribution < -0.4 is 10.6 Å². The summed E-state index contributed by atoms with van der Waals surface area (Å²) in [7, 11) is 0. The van der Waals surface area contributed by atoms with Crippen LogP contribution in [-0.2, 0) is 11.2 Å². The first-order valence-corrected chi connectivity index (χ1v) is 7.87. The second-order valence-electron chi connectivity index (χ2n) is 5.35. The molecule has 1 amide bonds. The van der Waals surface area contributed by atoms with E-state index < -0.39 is 0 Å². The Hall–Kier alpha value is -1.56. The molecule has 116 valence electrons. The molecule has 0 spiro atoms. The van der Waals surface area contributed by atoms with E-state index in [4.69, 9.17) is 23.2 Å². The van der Waals surface area contributed by atoms with Crippen molar-refractivity contribution >= 4 is 34.8 Å². The van der Waals surface area contributed by atoms with Gasteiger partial charge in [0.15, 0.2) is 0 Å². The summed E-state index contributed by atoms with van der Waals surface area (Å²) in [5.41, 5.74) is 2.41. The highest BCUT2D eigenvalue weighted by atomic mass is 35.5. The van der Waals surface area contributed by atoms with Gasteiger partial charge in [0.25, 0.3) is 0 Å². The van der Waals surface area contributed by atoms with Crippen molar-refractivity contribution in [3.63, 3.8) is 0 Å². The number of benzene rings is 1. The van der Waals surface area contributed by atoms with Crippen LogP contribution in [0.15, 0.2) is 24.4 Å². The third kappa shape index (κ3) is 3.43. The van der Waals surface area contributed by atoms with E-state index in [0.717, 1.165) is 30.9 Å². The molecule has 1 atom stereocenters. The second kappa shape index (κ2) is 6.69. The average molecular weight is 339 g/mol. The molecular formula is C15H16Cl2N4O. The van der Waals surface area contributed by atoms with Gasteiger partial charge in [-0.05, 0) is 36.7 Å². The Balaban J connectivity index is 1.69.